The highest BCUT2D eigenvalue weighted by molar-refractivity contribution is 5.51. The number of hydrogen-bond donors (Lipinski definition) is 0. The number of hydrogen-bond acceptors (Lipinski definition) is 8. The molecule has 2 fully saturated rings. The van der Waals surface area contributed by atoms with Crippen LogP contribution in [0.4, 0.5) is 11.4 Å². The molecule has 0 N–H and O–H groups in total. The van der Waals surface area contributed by atoms with Gasteiger partial charge in [-0.2, -0.15) is 0 Å². The molecular formula is C22H26N8O2. The van der Waals surface area contributed by atoms with E-state index in [1.54, 1.807) is 18.3 Å². The summed E-state index contributed by atoms with van der Waals surface area (Å²) >= 11 is 0. The molecule has 2 aromatic heterocycles. The smallest absolute Gasteiger partial charge is 0.269 e. The molecule has 0 radical (unpaired) electrons. The third-order valence-corrected chi connectivity index (χ3v) is 6.54. The van der Waals surface area contributed by atoms with E-state index in [-0.39, 0.29) is 16.7 Å². The maximum atomic E-state index is 10.9. The van der Waals surface area contributed by atoms with Crippen LogP contribution in [0.5, 0.6) is 0 Å². The van der Waals surface area contributed by atoms with Crippen molar-refractivity contribution in [1.29, 1.82) is 0 Å². The Morgan fingerprint density at radius 1 is 1.03 bits per heavy atom. The molecule has 10 heteroatoms. The van der Waals surface area contributed by atoms with E-state index in [1.165, 1.54) is 12.8 Å². The second-order valence-electron chi connectivity index (χ2n) is 8.41. The summed E-state index contributed by atoms with van der Waals surface area (Å²) in [4.78, 5) is 19.6. The second kappa shape index (κ2) is 8.99. The van der Waals surface area contributed by atoms with E-state index in [2.05, 4.69) is 36.4 Å². The molecule has 10 nitrogen and oxygen atoms in total. The first-order chi connectivity index (χ1) is 15.7. The van der Waals surface area contributed by atoms with Crippen LogP contribution in [0.15, 0.2) is 48.8 Å². The van der Waals surface area contributed by atoms with E-state index in [0.717, 1.165) is 56.1 Å². The number of non-ortho nitro benzene ring substituents is 1. The van der Waals surface area contributed by atoms with Crippen molar-refractivity contribution >= 4 is 11.4 Å². The number of tetrazole rings is 1. The first-order valence-electron chi connectivity index (χ1n) is 11.1. The Balaban J connectivity index is 1.37. The third-order valence-electron chi connectivity index (χ3n) is 6.54. The van der Waals surface area contributed by atoms with Crippen molar-refractivity contribution in [3.63, 3.8) is 0 Å². The molecule has 1 saturated heterocycles. The summed E-state index contributed by atoms with van der Waals surface area (Å²) in [6, 6.07) is 11.1. The molecular weight excluding hydrogens is 408 g/mol. The van der Waals surface area contributed by atoms with Crippen molar-refractivity contribution in [2.45, 2.75) is 37.8 Å². The SMILES string of the molecule is O=[N+]([O-])c1ccc(N2CCN(C(c3cccnc3)c3nnnn3C3CCCC3)CC2)cc1. The largest absolute Gasteiger partial charge is 0.369 e. The highest BCUT2D eigenvalue weighted by Crippen LogP contribution is 2.34. The fourth-order valence-corrected chi connectivity index (χ4v) is 4.87. The average molecular weight is 435 g/mol. The molecule has 1 saturated carbocycles. The zero-order valence-corrected chi connectivity index (χ0v) is 17.8. The summed E-state index contributed by atoms with van der Waals surface area (Å²) in [7, 11) is 0. The van der Waals surface area contributed by atoms with Gasteiger partial charge in [0, 0.05) is 56.4 Å². The first-order valence-corrected chi connectivity index (χ1v) is 11.1. The zero-order chi connectivity index (χ0) is 21.9. The van der Waals surface area contributed by atoms with E-state index >= 15 is 0 Å². The summed E-state index contributed by atoms with van der Waals surface area (Å²) in [5.41, 5.74) is 2.21. The van der Waals surface area contributed by atoms with Gasteiger partial charge in [-0.05, 0) is 47.0 Å². The monoisotopic (exact) mass is 434 g/mol. The maximum absolute atomic E-state index is 10.9. The van der Waals surface area contributed by atoms with Crippen LogP contribution in [0.3, 0.4) is 0 Å². The van der Waals surface area contributed by atoms with Gasteiger partial charge in [0.1, 0.15) is 0 Å². The van der Waals surface area contributed by atoms with E-state index in [4.69, 9.17) is 0 Å². The molecule has 3 heterocycles. The summed E-state index contributed by atoms with van der Waals surface area (Å²) in [6.07, 6.45) is 8.36. The number of benzene rings is 1. The highest BCUT2D eigenvalue weighted by Gasteiger charge is 2.33. The van der Waals surface area contributed by atoms with Gasteiger partial charge in [0.2, 0.25) is 0 Å². The van der Waals surface area contributed by atoms with Gasteiger partial charge in [-0.1, -0.05) is 18.9 Å². The predicted molar refractivity (Wildman–Crippen MR) is 118 cm³/mol. The number of piperazine rings is 1. The normalized spacial score (nSPS) is 18.7. The van der Waals surface area contributed by atoms with E-state index < -0.39 is 0 Å². The van der Waals surface area contributed by atoms with Crippen LogP contribution in [0.2, 0.25) is 0 Å². The van der Waals surface area contributed by atoms with Crippen molar-refractivity contribution in [3.8, 4) is 0 Å². The van der Waals surface area contributed by atoms with Gasteiger partial charge in [-0.3, -0.25) is 20.0 Å². The van der Waals surface area contributed by atoms with E-state index in [0.29, 0.717) is 6.04 Å². The zero-order valence-electron chi connectivity index (χ0n) is 17.8. The maximum Gasteiger partial charge on any atom is 0.269 e. The number of nitro benzene ring substituents is 1. The lowest BCUT2D eigenvalue weighted by atomic mass is 10.0. The van der Waals surface area contributed by atoms with Crippen LogP contribution < -0.4 is 4.90 Å². The van der Waals surface area contributed by atoms with Crippen molar-refractivity contribution in [2.24, 2.45) is 0 Å². The minimum Gasteiger partial charge on any atom is -0.369 e. The highest BCUT2D eigenvalue weighted by atomic mass is 16.6. The third kappa shape index (κ3) is 4.05. The Labute approximate surface area is 186 Å². The number of rotatable bonds is 6. The van der Waals surface area contributed by atoms with Crippen LogP contribution in [0.1, 0.15) is 49.2 Å². The minimum atomic E-state index is -0.366. The van der Waals surface area contributed by atoms with Crippen molar-refractivity contribution in [3.05, 3.63) is 70.3 Å². The van der Waals surface area contributed by atoms with Crippen LogP contribution >= 0.6 is 0 Å². The van der Waals surface area contributed by atoms with Crippen molar-refractivity contribution in [2.75, 3.05) is 31.1 Å². The van der Waals surface area contributed by atoms with Gasteiger partial charge in [0.05, 0.1) is 17.0 Å². The lowest BCUT2D eigenvalue weighted by molar-refractivity contribution is -0.384. The molecule has 0 spiro atoms. The molecule has 32 heavy (non-hydrogen) atoms. The fourth-order valence-electron chi connectivity index (χ4n) is 4.87. The summed E-state index contributed by atoms with van der Waals surface area (Å²) in [5.74, 6) is 0.883. The van der Waals surface area contributed by atoms with Crippen molar-refractivity contribution in [1.82, 2.24) is 30.1 Å². The van der Waals surface area contributed by atoms with Gasteiger partial charge < -0.3 is 4.90 Å². The fraction of sp³-hybridized carbons (Fsp3) is 0.455. The van der Waals surface area contributed by atoms with Gasteiger partial charge in [-0.15, -0.1) is 5.10 Å². The van der Waals surface area contributed by atoms with Crippen molar-refractivity contribution < 1.29 is 4.92 Å². The molecule has 3 aromatic rings. The molecule has 0 amide bonds. The van der Waals surface area contributed by atoms with Gasteiger partial charge in [0.25, 0.3) is 5.69 Å². The Bertz CT molecular complexity index is 1040. The summed E-state index contributed by atoms with van der Waals surface area (Å²) < 4.78 is 2.04. The topological polar surface area (TPSA) is 106 Å². The number of nitro groups is 1. The minimum absolute atomic E-state index is 0.0571. The number of nitrogens with zero attached hydrogens (tertiary/aromatic N) is 8. The van der Waals surface area contributed by atoms with Gasteiger partial charge >= 0.3 is 0 Å². The van der Waals surface area contributed by atoms with Crippen LogP contribution in [0.25, 0.3) is 0 Å². The average Bonchev–Trinajstić information content (AvgIpc) is 3.53. The number of anilines is 1. The molecule has 0 bridgehead atoms. The van der Waals surface area contributed by atoms with Crippen LogP contribution in [-0.2, 0) is 0 Å². The second-order valence-corrected chi connectivity index (χ2v) is 8.41. The predicted octanol–water partition coefficient (Wildman–Crippen LogP) is 3.00. The lowest BCUT2D eigenvalue weighted by Crippen LogP contribution is -2.48. The molecule has 1 unspecified atom stereocenters. The molecule has 5 rings (SSSR count). The molecule has 166 valence electrons. The van der Waals surface area contributed by atoms with Crippen LogP contribution in [0, 0.1) is 10.1 Å². The molecule has 2 aliphatic rings. The van der Waals surface area contributed by atoms with Crippen LogP contribution in [-0.4, -0.2) is 61.2 Å². The quantitative estimate of drug-likeness (QED) is 0.431. The molecule has 1 aliphatic carbocycles. The Kier molecular flexibility index (Phi) is 5.76. The molecule has 1 atom stereocenters. The van der Waals surface area contributed by atoms with E-state index in [9.17, 15) is 10.1 Å². The Hall–Kier alpha value is -3.40. The Morgan fingerprint density at radius 3 is 2.44 bits per heavy atom. The summed E-state index contributed by atoms with van der Waals surface area (Å²) in [5, 5.41) is 23.8. The standard InChI is InChI=1S/C22H26N8O2/c31-30(32)20-9-7-18(8-10-20)27-12-14-28(15-13-27)21(17-4-3-11-23-16-17)22-24-25-26-29(22)19-5-1-2-6-19/h3-4,7-11,16,19,21H,1-2,5-6,12-15H2. The lowest BCUT2D eigenvalue weighted by Gasteiger charge is -2.40. The first kappa shape index (κ1) is 20.5. The summed E-state index contributed by atoms with van der Waals surface area (Å²) in [6.45, 7) is 3.29. The van der Waals surface area contributed by atoms with Gasteiger partial charge in [-0.25, -0.2) is 4.68 Å². The van der Waals surface area contributed by atoms with Gasteiger partial charge in [0.15, 0.2) is 5.82 Å². The molecule has 1 aromatic carbocycles. The Morgan fingerprint density at radius 2 is 1.78 bits per heavy atom. The van der Waals surface area contributed by atoms with E-state index in [1.807, 2.05) is 29.1 Å². The molecule has 1 aliphatic heterocycles. The number of pyridine rings is 1. The number of aromatic nitrogens is 5.